The first-order valence-corrected chi connectivity index (χ1v) is 7.52. The maximum Gasteiger partial charge on any atom is 0.322 e. The largest absolute Gasteiger partial charge is 0.403 e. The number of nitrogens with one attached hydrogen (secondary N) is 1. The molecule has 5 nitrogen and oxygen atoms in total. The summed E-state index contributed by atoms with van der Waals surface area (Å²) in [6, 6.07) is 17.0. The smallest absolute Gasteiger partial charge is 0.322 e. The molecule has 3 aromatic rings. The minimum atomic E-state index is -0.178. The Morgan fingerprint density at radius 1 is 1.04 bits per heavy atom. The molecule has 0 fully saturated rings. The molecule has 0 atom stereocenters. The molecule has 2 aromatic carbocycles. The summed E-state index contributed by atoms with van der Waals surface area (Å²) in [5.41, 5.74) is 1.73. The molecule has 0 radical (unpaired) electrons. The van der Waals surface area contributed by atoms with E-state index >= 15 is 0 Å². The molecular formula is C17H14ClN3O2. The van der Waals surface area contributed by atoms with Gasteiger partial charge in [0.05, 0.1) is 10.6 Å². The van der Waals surface area contributed by atoms with Gasteiger partial charge in [-0.25, -0.2) is 0 Å². The van der Waals surface area contributed by atoms with Gasteiger partial charge in [-0.15, -0.1) is 5.10 Å². The van der Waals surface area contributed by atoms with Crippen LogP contribution >= 0.6 is 11.6 Å². The quantitative estimate of drug-likeness (QED) is 0.770. The van der Waals surface area contributed by atoms with Crippen LogP contribution < -0.4 is 5.32 Å². The first-order valence-electron chi connectivity index (χ1n) is 7.14. The van der Waals surface area contributed by atoms with Crippen LogP contribution in [0.5, 0.6) is 0 Å². The fourth-order valence-corrected chi connectivity index (χ4v) is 2.32. The Kier molecular flexibility index (Phi) is 4.68. The second kappa shape index (κ2) is 7.07. The fraction of sp³-hybridized carbons (Fsp3) is 0.118. The van der Waals surface area contributed by atoms with Gasteiger partial charge in [0.2, 0.25) is 5.91 Å². The molecule has 116 valence electrons. The van der Waals surface area contributed by atoms with E-state index in [0.717, 1.165) is 5.56 Å². The third-order valence-corrected chi connectivity index (χ3v) is 3.59. The number of amides is 1. The van der Waals surface area contributed by atoms with Crippen LogP contribution in [-0.2, 0) is 11.2 Å². The van der Waals surface area contributed by atoms with Gasteiger partial charge in [-0.05, 0) is 24.1 Å². The molecule has 0 aliphatic heterocycles. The van der Waals surface area contributed by atoms with Crippen LogP contribution in [0.3, 0.4) is 0 Å². The Bertz CT molecular complexity index is 802. The van der Waals surface area contributed by atoms with E-state index in [9.17, 15) is 4.79 Å². The molecule has 1 amide bonds. The number of aryl methyl sites for hydroxylation is 1. The SMILES string of the molecule is O=C(CCc1ccccc1)Nc1nnc(-c2ccccc2Cl)o1. The number of nitrogens with zero attached hydrogens (tertiary/aromatic N) is 2. The molecule has 0 bridgehead atoms. The lowest BCUT2D eigenvalue weighted by atomic mass is 10.1. The van der Waals surface area contributed by atoms with Gasteiger partial charge in [0.1, 0.15) is 0 Å². The van der Waals surface area contributed by atoms with Gasteiger partial charge in [-0.3, -0.25) is 10.1 Å². The molecule has 1 heterocycles. The van der Waals surface area contributed by atoms with Crippen molar-refractivity contribution in [3.63, 3.8) is 0 Å². The van der Waals surface area contributed by atoms with E-state index in [4.69, 9.17) is 16.0 Å². The van der Waals surface area contributed by atoms with Crippen molar-refractivity contribution >= 4 is 23.5 Å². The summed E-state index contributed by atoms with van der Waals surface area (Å²) in [5, 5.41) is 10.8. The zero-order chi connectivity index (χ0) is 16.1. The summed E-state index contributed by atoms with van der Waals surface area (Å²) >= 11 is 6.08. The van der Waals surface area contributed by atoms with Gasteiger partial charge in [0, 0.05) is 6.42 Å². The Hall–Kier alpha value is -2.66. The normalized spacial score (nSPS) is 10.5. The number of carbonyl (C=O) groups excluding carboxylic acids is 1. The summed E-state index contributed by atoms with van der Waals surface area (Å²) < 4.78 is 5.43. The minimum absolute atomic E-state index is 0.0676. The highest BCUT2D eigenvalue weighted by Crippen LogP contribution is 2.27. The predicted molar refractivity (Wildman–Crippen MR) is 88.1 cm³/mol. The topological polar surface area (TPSA) is 68.0 Å². The summed E-state index contributed by atoms with van der Waals surface area (Å²) in [5.74, 6) is 0.0946. The fourth-order valence-electron chi connectivity index (χ4n) is 2.10. The summed E-state index contributed by atoms with van der Waals surface area (Å²) in [7, 11) is 0. The van der Waals surface area contributed by atoms with E-state index in [1.165, 1.54) is 0 Å². The molecule has 0 unspecified atom stereocenters. The van der Waals surface area contributed by atoms with Crippen LogP contribution in [0.2, 0.25) is 5.02 Å². The van der Waals surface area contributed by atoms with Crippen LogP contribution in [0.1, 0.15) is 12.0 Å². The monoisotopic (exact) mass is 327 g/mol. The van der Waals surface area contributed by atoms with E-state index in [0.29, 0.717) is 23.4 Å². The van der Waals surface area contributed by atoms with Crippen LogP contribution in [0, 0.1) is 0 Å². The van der Waals surface area contributed by atoms with Crippen LogP contribution in [0.4, 0.5) is 6.01 Å². The highest BCUT2D eigenvalue weighted by Gasteiger charge is 2.13. The molecule has 23 heavy (non-hydrogen) atoms. The molecule has 1 N–H and O–H groups in total. The summed E-state index contributed by atoms with van der Waals surface area (Å²) in [6.45, 7) is 0. The van der Waals surface area contributed by atoms with Gasteiger partial charge >= 0.3 is 6.01 Å². The third-order valence-electron chi connectivity index (χ3n) is 3.26. The minimum Gasteiger partial charge on any atom is -0.403 e. The number of hydrogen-bond donors (Lipinski definition) is 1. The van der Waals surface area contributed by atoms with Crippen LogP contribution in [-0.4, -0.2) is 16.1 Å². The van der Waals surface area contributed by atoms with E-state index in [2.05, 4.69) is 15.5 Å². The number of rotatable bonds is 5. The Balaban J connectivity index is 1.61. The van der Waals surface area contributed by atoms with Crippen molar-refractivity contribution in [3.05, 3.63) is 65.2 Å². The molecule has 0 aliphatic rings. The summed E-state index contributed by atoms with van der Waals surface area (Å²) in [4.78, 5) is 11.9. The van der Waals surface area contributed by atoms with Crippen molar-refractivity contribution in [1.29, 1.82) is 0 Å². The zero-order valence-electron chi connectivity index (χ0n) is 12.2. The van der Waals surface area contributed by atoms with Crippen molar-refractivity contribution in [1.82, 2.24) is 10.2 Å². The third kappa shape index (κ3) is 3.96. The lowest BCUT2D eigenvalue weighted by Gasteiger charge is -2.01. The molecule has 3 rings (SSSR count). The highest BCUT2D eigenvalue weighted by molar-refractivity contribution is 6.33. The van der Waals surface area contributed by atoms with Gasteiger partial charge < -0.3 is 4.42 Å². The average molecular weight is 328 g/mol. The standard InChI is InChI=1S/C17H14ClN3O2/c18-14-9-5-4-8-13(14)16-20-21-17(23-16)19-15(22)11-10-12-6-2-1-3-7-12/h1-9H,10-11H2,(H,19,21,22). The average Bonchev–Trinajstić information content (AvgIpc) is 3.02. The molecule has 0 saturated carbocycles. The van der Waals surface area contributed by atoms with E-state index in [-0.39, 0.29) is 17.8 Å². The molecule has 0 saturated heterocycles. The van der Waals surface area contributed by atoms with Gasteiger partial charge in [-0.2, -0.15) is 0 Å². The van der Waals surface area contributed by atoms with Gasteiger partial charge in [0.15, 0.2) is 0 Å². The Morgan fingerprint density at radius 3 is 2.57 bits per heavy atom. The first kappa shape index (κ1) is 15.2. The van der Waals surface area contributed by atoms with E-state index < -0.39 is 0 Å². The second-order valence-corrected chi connectivity index (χ2v) is 5.33. The Labute approximate surface area is 138 Å². The number of benzene rings is 2. The molecule has 6 heteroatoms. The lowest BCUT2D eigenvalue weighted by Crippen LogP contribution is -2.12. The van der Waals surface area contributed by atoms with Crippen molar-refractivity contribution in [3.8, 4) is 11.5 Å². The number of anilines is 1. The van der Waals surface area contributed by atoms with Crippen LogP contribution in [0.15, 0.2) is 59.0 Å². The van der Waals surface area contributed by atoms with Crippen molar-refractivity contribution in [2.75, 3.05) is 5.32 Å². The molecule has 1 aromatic heterocycles. The van der Waals surface area contributed by atoms with Crippen molar-refractivity contribution < 1.29 is 9.21 Å². The number of hydrogen-bond acceptors (Lipinski definition) is 4. The molecular weight excluding hydrogens is 314 g/mol. The zero-order valence-corrected chi connectivity index (χ0v) is 13.0. The van der Waals surface area contributed by atoms with Crippen molar-refractivity contribution in [2.24, 2.45) is 0 Å². The predicted octanol–water partition coefficient (Wildman–Crippen LogP) is 3.96. The van der Waals surface area contributed by atoms with Crippen LogP contribution in [0.25, 0.3) is 11.5 Å². The number of halogens is 1. The van der Waals surface area contributed by atoms with Gasteiger partial charge in [-0.1, -0.05) is 59.2 Å². The number of aromatic nitrogens is 2. The van der Waals surface area contributed by atoms with E-state index in [1.807, 2.05) is 42.5 Å². The van der Waals surface area contributed by atoms with Gasteiger partial charge in [0.25, 0.3) is 5.89 Å². The lowest BCUT2D eigenvalue weighted by molar-refractivity contribution is -0.116. The Morgan fingerprint density at radius 2 is 1.78 bits per heavy atom. The maximum absolute atomic E-state index is 11.9. The number of carbonyl (C=O) groups is 1. The molecule has 0 spiro atoms. The summed E-state index contributed by atoms with van der Waals surface area (Å²) in [6.07, 6.45) is 0.992. The molecule has 0 aliphatic carbocycles. The second-order valence-electron chi connectivity index (χ2n) is 4.93. The maximum atomic E-state index is 11.9. The first-order chi connectivity index (χ1) is 11.2. The highest BCUT2D eigenvalue weighted by atomic mass is 35.5. The van der Waals surface area contributed by atoms with Crippen molar-refractivity contribution in [2.45, 2.75) is 12.8 Å². The van der Waals surface area contributed by atoms with E-state index in [1.54, 1.807) is 12.1 Å².